The molecule has 0 unspecified atom stereocenters. The van der Waals surface area contributed by atoms with Crippen LogP contribution in [0.3, 0.4) is 0 Å². The molecular formula is C14H22FN3. The van der Waals surface area contributed by atoms with Crippen LogP contribution < -0.4 is 10.2 Å². The summed E-state index contributed by atoms with van der Waals surface area (Å²) in [6.45, 7) is 6.18. The van der Waals surface area contributed by atoms with Gasteiger partial charge in [0.25, 0.3) is 0 Å². The van der Waals surface area contributed by atoms with Gasteiger partial charge in [-0.1, -0.05) is 6.92 Å². The number of piperidine rings is 1. The topological polar surface area (TPSA) is 28.2 Å². The predicted molar refractivity (Wildman–Crippen MR) is 72.3 cm³/mol. The Morgan fingerprint density at radius 2 is 2.22 bits per heavy atom. The zero-order chi connectivity index (χ0) is 12.8. The molecule has 2 heterocycles. The Hall–Kier alpha value is -1.16. The minimum Gasteiger partial charge on any atom is -0.354 e. The van der Waals surface area contributed by atoms with Gasteiger partial charge in [-0.2, -0.15) is 0 Å². The Bertz CT molecular complexity index is 362. The van der Waals surface area contributed by atoms with Crippen LogP contribution in [0.1, 0.15) is 26.2 Å². The lowest BCUT2D eigenvalue weighted by Crippen LogP contribution is -2.38. The third-order valence-electron chi connectivity index (χ3n) is 3.51. The summed E-state index contributed by atoms with van der Waals surface area (Å²) < 4.78 is 13.6. The molecule has 0 aliphatic carbocycles. The maximum atomic E-state index is 13.6. The van der Waals surface area contributed by atoms with E-state index in [1.165, 1.54) is 12.5 Å². The zero-order valence-corrected chi connectivity index (χ0v) is 11.0. The van der Waals surface area contributed by atoms with Crippen LogP contribution in [0.2, 0.25) is 0 Å². The van der Waals surface area contributed by atoms with Gasteiger partial charge in [0.1, 0.15) is 0 Å². The summed E-state index contributed by atoms with van der Waals surface area (Å²) in [4.78, 5) is 6.20. The number of hydrogen-bond donors (Lipinski definition) is 1. The minimum atomic E-state index is -0.208. The van der Waals surface area contributed by atoms with E-state index in [2.05, 4.69) is 22.1 Å². The molecule has 0 saturated carbocycles. The van der Waals surface area contributed by atoms with Gasteiger partial charge in [-0.15, -0.1) is 0 Å². The van der Waals surface area contributed by atoms with E-state index in [4.69, 9.17) is 0 Å². The number of aromatic nitrogens is 1. The molecule has 100 valence electrons. The lowest BCUT2D eigenvalue weighted by molar-refractivity contribution is 0.380. The maximum absolute atomic E-state index is 13.6. The van der Waals surface area contributed by atoms with Crippen LogP contribution >= 0.6 is 0 Å². The molecule has 0 aromatic carbocycles. The summed E-state index contributed by atoms with van der Waals surface area (Å²) in [7, 11) is 0. The molecule has 0 radical (unpaired) electrons. The van der Waals surface area contributed by atoms with E-state index >= 15 is 0 Å². The fourth-order valence-electron chi connectivity index (χ4n) is 2.44. The first kappa shape index (κ1) is 13.3. The number of anilines is 1. The summed E-state index contributed by atoms with van der Waals surface area (Å²) in [5.41, 5.74) is 0. The molecule has 0 spiro atoms. The van der Waals surface area contributed by atoms with Gasteiger partial charge in [0.05, 0.1) is 0 Å². The number of nitrogens with one attached hydrogen (secondary N) is 1. The predicted octanol–water partition coefficient (Wildman–Crippen LogP) is 2.44. The van der Waals surface area contributed by atoms with E-state index in [0.717, 1.165) is 44.9 Å². The maximum Gasteiger partial charge on any atom is 0.165 e. The molecule has 1 aromatic rings. The highest BCUT2D eigenvalue weighted by molar-refractivity contribution is 5.39. The molecule has 0 atom stereocenters. The SMILES string of the molecule is CCCNCC1CCN(c2ncccc2F)CC1. The van der Waals surface area contributed by atoms with Crippen LogP contribution in [0.4, 0.5) is 10.2 Å². The van der Waals surface area contributed by atoms with Crippen molar-refractivity contribution < 1.29 is 4.39 Å². The molecule has 1 N–H and O–H groups in total. The van der Waals surface area contributed by atoms with E-state index in [1.54, 1.807) is 12.3 Å². The van der Waals surface area contributed by atoms with Gasteiger partial charge >= 0.3 is 0 Å². The smallest absolute Gasteiger partial charge is 0.165 e. The minimum absolute atomic E-state index is 0.208. The molecular weight excluding hydrogens is 229 g/mol. The van der Waals surface area contributed by atoms with Crippen molar-refractivity contribution in [2.75, 3.05) is 31.1 Å². The van der Waals surface area contributed by atoms with Crippen molar-refractivity contribution in [3.63, 3.8) is 0 Å². The van der Waals surface area contributed by atoms with Crippen LogP contribution in [-0.4, -0.2) is 31.2 Å². The second kappa shape index (κ2) is 6.69. The molecule has 1 saturated heterocycles. The van der Waals surface area contributed by atoms with E-state index in [1.807, 2.05) is 0 Å². The third-order valence-corrected chi connectivity index (χ3v) is 3.51. The summed E-state index contributed by atoms with van der Waals surface area (Å²) in [6, 6.07) is 3.12. The fourth-order valence-corrected chi connectivity index (χ4v) is 2.44. The third kappa shape index (κ3) is 3.42. The van der Waals surface area contributed by atoms with Gasteiger partial charge < -0.3 is 10.2 Å². The number of rotatable bonds is 5. The van der Waals surface area contributed by atoms with Crippen molar-refractivity contribution in [1.82, 2.24) is 10.3 Å². The summed E-state index contributed by atoms with van der Waals surface area (Å²) >= 11 is 0. The number of pyridine rings is 1. The van der Waals surface area contributed by atoms with Gasteiger partial charge in [0, 0.05) is 19.3 Å². The van der Waals surface area contributed by atoms with Gasteiger partial charge in [0.15, 0.2) is 11.6 Å². The van der Waals surface area contributed by atoms with Gasteiger partial charge in [-0.3, -0.25) is 0 Å². The molecule has 1 fully saturated rings. The Balaban J connectivity index is 1.81. The van der Waals surface area contributed by atoms with Gasteiger partial charge in [-0.25, -0.2) is 9.37 Å². The highest BCUT2D eigenvalue weighted by Crippen LogP contribution is 2.23. The number of halogens is 1. The number of nitrogens with zero attached hydrogens (tertiary/aromatic N) is 2. The van der Waals surface area contributed by atoms with Crippen LogP contribution in [0.25, 0.3) is 0 Å². The van der Waals surface area contributed by atoms with Crippen LogP contribution in [0, 0.1) is 11.7 Å². The largest absolute Gasteiger partial charge is 0.354 e. The number of hydrogen-bond acceptors (Lipinski definition) is 3. The van der Waals surface area contributed by atoms with Crippen molar-refractivity contribution in [1.29, 1.82) is 0 Å². The summed E-state index contributed by atoms with van der Waals surface area (Å²) in [5.74, 6) is 1.03. The molecule has 3 nitrogen and oxygen atoms in total. The highest BCUT2D eigenvalue weighted by Gasteiger charge is 2.21. The molecule has 1 aliphatic rings. The Labute approximate surface area is 108 Å². The first-order chi connectivity index (χ1) is 8.81. The van der Waals surface area contributed by atoms with Crippen LogP contribution in [-0.2, 0) is 0 Å². The zero-order valence-electron chi connectivity index (χ0n) is 11.0. The first-order valence-electron chi connectivity index (χ1n) is 6.87. The second-order valence-corrected chi connectivity index (χ2v) is 4.94. The average molecular weight is 251 g/mol. The molecule has 2 rings (SSSR count). The monoisotopic (exact) mass is 251 g/mol. The summed E-state index contributed by atoms with van der Waals surface area (Å²) in [5, 5.41) is 3.46. The summed E-state index contributed by atoms with van der Waals surface area (Å²) in [6.07, 6.45) is 5.07. The van der Waals surface area contributed by atoms with Gasteiger partial charge in [0.2, 0.25) is 0 Å². The molecule has 0 amide bonds. The second-order valence-electron chi connectivity index (χ2n) is 4.94. The van der Waals surface area contributed by atoms with Crippen molar-refractivity contribution in [3.05, 3.63) is 24.1 Å². The van der Waals surface area contributed by atoms with Gasteiger partial charge in [-0.05, 0) is 50.4 Å². The molecule has 18 heavy (non-hydrogen) atoms. The normalized spacial score (nSPS) is 17.1. The first-order valence-corrected chi connectivity index (χ1v) is 6.87. The average Bonchev–Trinajstić information content (AvgIpc) is 2.41. The van der Waals surface area contributed by atoms with Crippen LogP contribution in [0.15, 0.2) is 18.3 Å². The van der Waals surface area contributed by atoms with Crippen LogP contribution in [0.5, 0.6) is 0 Å². The van der Waals surface area contributed by atoms with Crippen molar-refractivity contribution >= 4 is 5.82 Å². The molecule has 1 aromatic heterocycles. The fraction of sp³-hybridized carbons (Fsp3) is 0.643. The van der Waals surface area contributed by atoms with Crippen molar-refractivity contribution in [2.24, 2.45) is 5.92 Å². The van der Waals surface area contributed by atoms with E-state index in [9.17, 15) is 4.39 Å². The quantitative estimate of drug-likeness (QED) is 0.815. The lowest BCUT2D eigenvalue weighted by Gasteiger charge is -2.33. The van der Waals surface area contributed by atoms with Crippen molar-refractivity contribution in [2.45, 2.75) is 26.2 Å². The Morgan fingerprint density at radius 1 is 1.44 bits per heavy atom. The highest BCUT2D eigenvalue weighted by atomic mass is 19.1. The molecule has 0 bridgehead atoms. The van der Waals surface area contributed by atoms with Crippen molar-refractivity contribution in [3.8, 4) is 0 Å². The van der Waals surface area contributed by atoms with E-state index < -0.39 is 0 Å². The Morgan fingerprint density at radius 3 is 2.89 bits per heavy atom. The Kier molecular flexibility index (Phi) is 4.93. The molecule has 4 heteroatoms. The standard InChI is InChI=1S/C14H22FN3/c1-2-7-16-11-12-5-9-18(10-6-12)14-13(15)4-3-8-17-14/h3-4,8,12,16H,2,5-7,9-11H2,1H3. The molecule has 1 aliphatic heterocycles. The lowest BCUT2D eigenvalue weighted by atomic mass is 9.97. The van der Waals surface area contributed by atoms with E-state index in [-0.39, 0.29) is 5.82 Å². The van der Waals surface area contributed by atoms with E-state index in [0.29, 0.717) is 5.82 Å².